The summed E-state index contributed by atoms with van der Waals surface area (Å²) in [5.74, 6) is -0.484. The summed E-state index contributed by atoms with van der Waals surface area (Å²) in [6.07, 6.45) is 1.29. The number of anilines is 1. The molecule has 128 valence electrons. The van der Waals surface area contributed by atoms with Gasteiger partial charge in [0.05, 0.1) is 37.8 Å². The molecule has 0 saturated heterocycles. The van der Waals surface area contributed by atoms with Crippen molar-refractivity contribution in [1.82, 2.24) is 14.8 Å². The van der Waals surface area contributed by atoms with Crippen molar-refractivity contribution in [3.63, 3.8) is 0 Å². The van der Waals surface area contributed by atoms with Crippen LogP contribution in [0.3, 0.4) is 0 Å². The number of benzene rings is 1. The lowest BCUT2D eigenvalue weighted by Gasteiger charge is -2.09. The molecule has 2 aromatic heterocycles. The number of rotatable bonds is 3. The normalized spacial score (nSPS) is 10.8. The minimum atomic E-state index is -0.484. The predicted octanol–water partition coefficient (Wildman–Crippen LogP) is 5.10. The van der Waals surface area contributed by atoms with E-state index in [2.05, 4.69) is 15.4 Å². The second kappa shape index (κ2) is 7.04. The molecule has 0 bridgehead atoms. The number of aromatic nitrogens is 3. The van der Waals surface area contributed by atoms with Crippen LogP contribution in [0.15, 0.2) is 36.5 Å². The summed E-state index contributed by atoms with van der Waals surface area (Å²) >= 11 is 17.9. The molecule has 0 fully saturated rings. The first-order valence-electron chi connectivity index (χ1n) is 7.32. The summed E-state index contributed by atoms with van der Waals surface area (Å²) in [5.41, 5.74) is 2.95. The summed E-state index contributed by atoms with van der Waals surface area (Å²) in [5, 5.41) is 7.58. The molecule has 0 spiro atoms. The van der Waals surface area contributed by atoms with Crippen LogP contribution in [0.2, 0.25) is 15.1 Å². The van der Waals surface area contributed by atoms with Gasteiger partial charge in [0.25, 0.3) is 5.91 Å². The van der Waals surface area contributed by atoms with E-state index in [4.69, 9.17) is 34.8 Å². The van der Waals surface area contributed by atoms with E-state index in [1.807, 2.05) is 44.2 Å². The Morgan fingerprint density at radius 3 is 2.44 bits per heavy atom. The Bertz CT molecular complexity index is 954. The van der Waals surface area contributed by atoms with E-state index in [-0.39, 0.29) is 20.8 Å². The summed E-state index contributed by atoms with van der Waals surface area (Å²) in [4.78, 5) is 16.5. The minimum Gasteiger partial charge on any atom is -0.317 e. The van der Waals surface area contributed by atoms with Gasteiger partial charge in [0.15, 0.2) is 0 Å². The maximum absolute atomic E-state index is 12.6. The fourth-order valence-electron chi connectivity index (χ4n) is 2.42. The quantitative estimate of drug-likeness (QED) is 0.671. The highest BCUT2D eigenvalue weighted by Gasteiger charge is 2.20. The number of nitrogens with one attached hydrogen (secondary N) is 1. The minimum absolute atomic E-state index is 0.00216. The fraction of sp³-hybridized carbons (Fsp3) is 0.118. The number of carbonyl (C=O) groups excluding carboxylic acids is 1. The predicted molar refractivity (Wildman–Crippen MR) is 100 cm³/mol. The molecule has 0 unspecified atom stereocenters. The molecule has 1 amide bonds. The maximum Gasteiger partial charge on any atom is 0.275 e. The van der Waals surface area contributed by atoms with Gasteiger partial charge in [-0.1, -0.05) is 53.0 Å². The van der Waals surface area contributed by atoms with Crippen molar-refractivity contribution in [1.29, 1.82) is 0 Å². The van der Waals surface area contributed by atoms with E-state index < -0.39 is 5.91 Å². The largest absolute Gasteiger partial charge is 0.317 e. The molecule has 0 saturated carbocycles. The van der Waals surface area contributed by atoms with Crippen LogP contribution in [0, 0.1) is 13.8 Å². The van der Waals surface area contributed by atoms with Crippen molar-refractivity contribution in [2.24, 2.45) is 0 Å². The Balaban J connectivity index is 1.95. The standard InChI is InChI=1S/C17H13Cl3N4O/c1-9-15(10(2)24(23-9)11-6-4-3-5-7-11)22-17(25)16-14(20)13(19)12(18)8-21-16/h3-8H,1-2H3,(H,22,25). The number of amides is 1. The smallest absolute Gasteiger partial charge is 0.275 e. The van der Waals surface area contributed by atoms with Crippen molar-refractivity contribution < 1.29 is 4.79 Å². The Morgan fingerprint density at radius 1 is 1.08 bits per heavy atom. The van der Waals surface area contributed by atoms with E-state index in [0.717, 1.165) is 11.4 Å². The van der Waals surface area contributed by atoms with Crippen LogP contribution in [0.4, 0.5) is 5.69 Å². The summed E-state index contributed by atoms with van der Waals surface area (Å²) in [7, 11) is 0. The van der Waals surface area contributed by atoms with Gasteiger partial charge in [-0.3, -0.25) is 4.79 Å². The zero-order valence-corrected chi connectivity index (χ0v) is 15.6. The SMILES string of the molecule is Cc1nn(-c2ccccc2)c(C)c1NC(=O)c1ncc(Cl)c(Cl)c1Cl. The molecule has 0 atom stereocenters. The average molecular weight is 396 g/mol. The first-order chi connectivity index (χ1) is 11.9. The monoisotopic (exact) mass is 394 g/mol. The first kappa shape index (κ1) is 17.7. The summed E-state index contributed by atoms with van der Waals surface area (Å²) < 4.78 is 1.76. The number of pyridine rings is 1. The Labute approximate surface area is 159 Å². The van der Waals surface area contributed by atoms with Gasteiger partial charge in [-0.25, -0.2) is 9.67 Å². The molecular formula is C17H13Cl3N4O. The van der Waals surface area contributed by atoms with Crippen LogP contribution >= 0.6 is 34.8 Å². The highest BCUT2D eigenvalue weighted by atomic mass is 35.5. The first-order valence-corrected chi connectivity index (χ1v) is 8.46. The molecule has 5 nitrogen and oxygen atoms in total. The van der Waals surface area contributed by atoms with Gasteiger partial charge in [-0.2, -0.15) is 5.10 Å². The zero-order chi connectivity index (χ0) is 18.1. The van der Waals surface area contributed by atoms with E-state index in [0.29, 0.717) is 11.4 Å². The highest BCUT2D eigenvalue weighted by Crippen LogP contribution is 2.32. The molecule has 3 rings (SSSR count). The van der Waals surface area contributed by atoms with Gasteiger partial charge >= 0.3 is 0 Å². The molecule has 0 aliphatic rings. The van der Waals surface area contributed by atoms with Gasteiger partial charge in [-0.15, -0.1) is 0 Å². The fourth-order valence-corrected chi connectivity index (χ4v) is 2.98. The molecule has 1 N–H and O–H groups in total. The number of hydrogen-bond acceptors (Lipinski definition) is 3. The number of halogens is 3. The summed E-state index contributed by atoms with van der Waals surface area (Å²) in [6, 6.07) is 9.63. The van der Waals surface area contributed by atoms with Crippen LogP contribution in [-0.2, 0) is 0 Å². The lowest BCUT2D eigenvalue weighted by molar-refractivity contribution is 0.102. The van der Waals surface area contributed by atoms with E-state index in [9.17, 15) is 4.79 Å². The highest BCUT2D eigenvalue weighted by molar-refractivity contribution is 6.49. The third-order valence-corrected chi connectivity index (χ3v) is 4.90. The zero-order valence-electron chi connectivity index (χ0n) is 13.3. The molecule has 0 aliphatic heterocycles. The maximum atomic E-state index is 12.6. The molecule has 0 aliphatic carbocycles. The van der Waals surface area contributed by atoms with E-state index in [1.54, 1.807) is 4.68 Å². The van der Waals surface area contributed by atoms with Crippen molar-refractivity contribution in [3.05, 3.63) is 68.7 Å². The Hall–Kier alpha value is -2.08. The molecule has 1 aromatic carbocycles. The van der Waals surface area contributed by atoms with Crippen LogP contribution in [0.1, 0.15) is 21.9 Å². The number of carbonyl (C=O) groups is 1. The van der Waals surface area contributed by atoms with Crippen LogP contribution in [-0.4, -0.2) is 20.7 Å². The van der Waals surface area contributed by atoms with Gasteiger partial charge in [0.2, 0.25) is 0 Å². The Morgan fingerprint density at radius 2 is 1.76 bits per heavy atom. The second-order valence-corrected chi connectivity index (χ2v) is 6.49. The van der Waals surface area contributed by atoms with Crippen LogP contribution in [0.5, 0.6) is 0 Å². The van der Waals surface area contributed by atoms with Gasteiger partial charge in [-0.05, 0) is 26.0 Å². The van der Waals surface area contributed by atoms with Crippen molar-refractivity contribution >= 4 is 46.4 Å². The van der Waals surface area contributed by atoms with Crippen molar-refractivity contribution in [2.75, 3.05) is 5.32 Å². The molecule has 3 aromatic rings. The third kappa shape index (κ3) is 3.35. The number of para-hydroxylation sites is 1. The number of hydrogen-bond donors (Lipinski definition) is 1. The lowest BCUT2D eigenvalue weighted by atomic mass is 10.2. The molecule has 2 heterocycles. The van der Waals surface area contributed by atoms with Gasteiger partial charge in [0, 0.05) is 6.20 Å². The van der Waals surface area contributed by atoms with E-state index in [1.165, 1.54) is 6.20 Å². The number of aryl methyl sites for hydroxylation is 1. The van der Waals surface area contributed by atoms with Crippen molar-refractivity contribution in [2.45, 2.75) is 13.8 Å². The second-order valence-electron chi connectivity index (χ2n) is 5.33. The molecule has 25 heavy (non-hydrogen) atoms. The third-order valence-electron chi connectivity index (χ3n) is 3.66. The topological polar surface area (TPSA) is 59.8 Å². The van der Waals surface area contributed by atoms with Crippen molar-refractivity contribution in [3.8, 4) is 5.69 Å². The average Bonchev–Trinajstić information content (AvgIpc) is 2.88. The van der Waals surface area contributed by atoms with Crippen LogP contribution < -0.4 is 5.32 Å². The van der Waals surface area contributed by atoms with Gasteiger partial charge < -0.3 is 5.32 Å². The Kier molecular flexibility index (Phi) is 4.99. The van der Waals surface area contributed by atoms with Crippen LogP contribution in [0.25, 0.3) is 5.69 Å². The summed E-state index contributed by atoms with van der Waals surface area (Å²) in [6.45, 7) is 3.68. The molecule has 8 heteroatoms. The number of nitrogens with zero attached hydrogens (tertiary/aromatic N) is 3. The molecular weight excluding hydrogens is 383 g/mol. The lowest BCUT2D eigenvalue weighted by Crippen LogP contribution is -2.15. The molecule has 0 radical (unpaired) electrons. The van der Waals surface area contributed by atoms with E-state index >= 15 is 0 Å². The van der Waals surface area contributed by atoms with Gasteiger partial charge in [0.1, 0.15) is 5.69 Å².